The van der Waals surface area contributed by atoms with Gasteiger partial charge in [-0.3, -0.25) is 4.79 Å². The number of carbonyl (C=O) groups is 1. The number of nitrogens with one attached hydrogen (secondary N) is 2. The van der Waals surface area contributed by atoms with Crippen LogP contribution in [0.25, 0.3) is 0 Å². The topological polar surface area (TPSA) is 41.1 Å². The van der Waals surface area contributed by atoms with Crippen molar-refractivity contribution in [3.63, 3.8) is 0 Å². The van der Waals surface area contributed by atoms with Crippen LogP contribution in [0.1, 0.15) is 46.0 Å². The van der Waals surface area contributed by atoms with E-state index in [1.807, 2.05) is 14.0 Å². The summed E-state index contributed by atoms with van der Waals surface area (Å²) in [5.41, 5.74) is 0. The SMILES string of the molecule is CNC(C)C(=O)NC1CCCCCC1C. The molecule has 2 N–H and O–H groups in total. The Labute approximate surface area is 93.0 Å². The highest BCUT2D eigenvalue weighted by atomic mass is 16.2. The van der Waals surface area contributed by atoms with Gasteiger partial charge in [0.15, 0.2) is 0 Å². The Morgan fingerprint density at radius 2 is 1.93 bits per heavy atom. The van der Waals surface area contributed by atoms with E-state index >= 15 is 0 Å². The Balaban J connectivity index is 2.44. The molecule has 0 bridgehead atoms. The van der Waals surface area contributed by atoms with Crippen LogP contribution in [0, 0.1) is 5.92 Å². The van der Waals surface area contributed by atoms with Crippen LogP contribution in [0.15, 0.2) is 0 Å². The van der Waals surface area contributed by atoms with Gasteiger partial charge < -0.3 is 10.6 Å². The minimum atomic E-state index is -0.0829. The molecule has 0 aromatic carbocycles. The molecule has 1 fully saturated rings. The van der Waals surface area contributed by atoms with Gasteiger partial charge in [-0.1, -0.05) is 26.2 Å². The summed E-state index contributed by atoms with van der Waals surface area (Å²) in [6.07, 6.45) is 6.28. The zero-order valence-electron chi connectivity index (χ0n) is 10.2. The molecule has 1 aliphatic carbocycles. The third-order valence-electron chi connectivity index (χ3n) is 3.52. The number of rotatable bonds is 3. The van der Waals surface area contributed by atoms with Crippen LogP contribution >= 0.6 is 0 Å². The Morgan fingerprint density at radius 1 is 1.27 bits per heavy atom. The first kappa shape index (κ1) is 12.5. The first-order valence-electron chi connectivity index (χ1n) is 6.12. The molecule has 0 aromatic rings. The van der Waals surface area contributed by atoms with Crippen molar-refractivity contribution in [3.05, 3.63) is 0 Å². The lowest BCUT2D eigenvalue weighted by atomic mass is 9.97. The van der Waals surface area contributed by atoms with E-state index in [0.29, 0.717) is 12.0 Å². The lowest BCUT2D eigenvalue weighted by molar-refractivity contribution is -0.123. The van der Waals surface area contributed by atoms with Crippen molar-refractivity contribution in [1.29, 1.82) is 0 Å². The summed E-state index contributed by atoms with van der Waals surface area (Å²) in [7, 11) is 1.82. The lowest BCUT2D eigenvalue weighted by Crippen LogP contribution is -2.47. The first-order chi connectivity index (χ1) is 7.15. The van der Waals surface area contributed by atoms with Crippen LogP contribution in [-0.2, 0) is 4.79 Å². The summed E-state index contributed by atoms with van der Waals surface area (Å²) in [4.78, 5) is 11.7. The van der Waals surface area contributed by atoms with Crippen LogP contribution < -0.4 is 10.6 Å². The third-order valence-corrected chi connectivity index (χ3v) is 3.52. The quantitative estimate of drug-likeness (QED) is 0.699. The Kier molecular flexibility index (Phi) is 5.09. The largest absolute Gasteiger partial charge is 0.352 e. The Bertz CT molecular complexity index is 206. The van der Waals surface area contributed by atoms with Crippen molar-refractivity contribution in [2.45, 2.75) is 58.0 Å². The Hall–Kier alpha value is -0.570. The molecule has 15 heavy (non-hydrogen) atoms. The molecule has 88 valence electrons. The molecule has 3 nitrogen and oxygen atoms in total. The molecule has 3 unspecified atom stereocenters. The predicted octanol–water partition coefficient (Wildman–Crippen LogP) is 1.68. The summed E-state index contributed by atoms with van der Waals surface area (Å²) >= 11 is 0. The molecule has 0 radical (unpaired) electrons. The summed E-state index contributed by atoms with van der Waals surface area (Å²) < 4.78 is 0. The highest BCUT2D eigenvalue weighted by Gasteiger charge is 2.22. The van der Waals surface area contributed by atoms with E-state index in [1.54, 1.807) is 0 Å². The van der Waals surface area contributed by atoms with Crippen LogP contribution in [0.5, 0.6) is 0 Å². The molecule has 0 spiro atoms. The molecule has 0 aromatic heterocycles. The van der Waals surface area contributed by atoms with Crippen molar-refractivity contribution >= 4 is 5.91 Å². The normalized spacial score (nSPS) is 29.3. The van der Waals surface area contributed by atoms with Crippen molar-refractivity contribution < 1.29 is 4.79 Å². The maximum Gasteiger partial charge on any atom is 0.237 e. The Morgan fingerprint density at radius 3 is 2.60 bits per heavy atom. The predicted molar refractivity (Wildman–Crippen MR) is 62.7 cm³/mol. The zero-order valence-corrected chi connectivity index (χ0v) is 10.2. The molecular weight excluding hydrogens is 188 g/mol. The molecule has 3 heteroatoms. The maximum absolute atomic E-state index is 11.7. The van der Waals surface area contributed by atoms with Gasteiger partial charge in [0.1, 0.15) is 0 Å². The molecular formula is C12H24N2O. The van der Waals surface area contributed by atoms with Gasteiger partial charge >= 0.3 is 0 Å². The van der Waals surface area contributed by atoms with Crippen LogP contribution in [0.3, 0.4) is 0 Å². The lowest BCUT2D eigenvalue weighted by Gasteiger charge is -2.24. The minimum Gasteiger partial charge on any atom is -0.352 e. The van der Waals surface area contributed by atoms with Crippen molar-refractivity contribution in [1.82, 2.24) is 10.6 Å². The number of likely N-dealkylation sites (N-methyl/N-ethyl adjacent to an activating group) is 1. The second-order valence-electron chi connectivity index (χ2n) is 4.74. The third kappa shape index (κ3) is 3.82. The number of hydrogen-bond donors (Lipinski definition) is 2. The molecule has 0 heterocycles. The van der Waals surface area contributed by atoms with E-state index in [4.69, 9.17) is 0 Å². The van der Waals surface area contributed by atoms with Gasteiger partial charge in [0, 0.05) is 6.04 Å². The summed E-state index contributed by atoms with van der Waals surface area (Å²) in [5, 5.41) is 6.13. The van der Waals surface area contributed by atoms with E-state index in [0.717, 1.165) is 6.42 Å². The summed E-state index contributed by atoms with van der Waals surface area (Å²) in [6, 6.07) is 0.302. The zero-order chi connectivity index (χ0) is 11.3. The second-order valence-corrected chi connectivity index (χ2v) is 4.74. The van der Waals surface area contributed by atoms with Gasteiger partial charge in [-0.25, -0.2) is 0 Å². The summed E-state index contributed by atoms with van der Waals surface area (Å²) in [6.45, 7) is 4.15. The fourth-order valence-electron chi connectivity index (χ4n) is 2.15. The van der Waals surface area contributed by atoms with Crippen LogP contribution in [-0.4, -0.2) is 25.0 Å². The van der Waals surface area contributed by atoms with E-state index in [1.165, 1.54) is 25.7 Å². The van der Waals surface area contributed by atoms with Gasteiger partial charge in [0.05, 0.1) is 6.04 Å². The molecule has 1 amide bonds. The van der Waals surface area contributed by atoms with E-state index < -0.39 is 0 Å². The van der Waals surface area contributed by atoms with E-state index in [2.05, 4.69) is 17.6 Å². The maximum atomic E-state index is 11.7. The van der Waals surface area contributed by atoms with Gasteiger partial charge in [0.25, 0.3) is 0 Å². The molecule has 0 aliphatic heterocycles. The van der Waals surface area contributed by atoms with Crippen molar-refractivity contribution in [2.24, 2.45) is 5.92 Å². The highest BCUT2D eigenvalue weighted by molar-refractivity contribution is 5.81. The van der Waals surface area contributed by atoms with Crippen LogP contribution in [0.2, 0.25) is 0 Å². The van der Waals surface area contributed by atoms with Gasteiger partial charge in [0.2, 0.25) is 5.91 Å². The molecule has 0 saturated heterocycles. The fourth-order valence-corrected chi connectivity index (χ4v) is 2.15. The molecule has 1 aliphatic rings. The van der Waals surface area contributed by atoms with Gasteiger partial charge in [-0.2, -0.15) is 0 Å². The average molecular weight is 212 g/mol. The highest BCUT2D eigenvalue weighted by Crippen LogP contribution is 2.22. The number of amides is 1. The first-order valence-corrected chi connectivity index (χ1v) is 6.12. The molecule has 1 rings (SSSR count). The van der Waals surface area contributed by atoms with Crippen molar-refractivity contribution in [3.8, 4) is 0 Å². The smallest absolute Gasteiger partial charge is 0.237 e. The van der Waals surface area contributed by atoms with Crippen LogP contribution in [0.4, 0.5) is 0 Å². The van der Waals surface area contributed by atoms with Crippen molar-refractivity contribution in [2.75, 3.05) is 7.05 Å². The fraction of sp³-hybridized carbons (Fsp3) is 0.917. The second kappa shape index (κ2) is 6.11. The monoisotopic (exact) mass is 212 g/mol. The van der Waals surface area contributed by atoms with Gasteiger partial charge in [-0.15, -0.1) is 0 Å². The van der Waals surface area contributed by atoms with E-state index in [9.17, 15) is 4.79 Å². The standard InChI is InChI=1S/C12H24N2O/c1-9-7-5-4-6-8-11(9)14-12(15)10(2)13-3/h9-11,13H,4-8H2,1-3H3,(H,14,15). The van der Waals surface area contributed by atoms with E-state index in [-0.39, 0.29) is 11.9 Å². The minimum absolute atomic E-state index is 0.0829. The average Bonchev–Trinajstić information content (AvgIpc) is 2.43. The number of carbonyl (C=O) groups excluding carboxylic acids is 1. The van der Waals surface area contributed by atoms with Gasteiger partial charge in [-0.05, 0) is 32.7 Å². The number of hydrogen-bond acceptors (Lipinski definition) is 2. The molecule has 1 saturated carbocycles. The summed E-state index contributed by atoms with van der Waals surface area (Å²) in [5.74, 6) is 0.761. The molecule has 3 atom stereocenters.